The molecule has 1 spiro atoms. The lowest BCUT2D eigenvalue weighted by Gasteiger charge is -2.31. The SMILES string of the molecule is Cc1ccc(S(=O)(=O)NCC2COC3(CCCCC3)O2)cc1. The van der Waals surface area contributed by atoms with Crippen molar-refractivity contribution < 1.29 is 17.9 Å². The highest BCUT2D eigenvalue weighted by Gasteiger charge is 2.42. The van der Waals surface area contributed by atoms with Crippen molar-refractivity contribution in [1.29, 1.82) is 0 Å². The molecule has 1 saturated heterocycles. The summed E-state index contributed by atoms with van der Waals surface area (Å²) in [6.45, 7) is 2.63. The van der Waals surface area contributed by atoms with Crippen LogP contribution >= 0.6 is 0 Å². The summed E-state index contributed by atoms with van der Waals surface area (Å²) >= 11 is 0. The lowest BCUT2D eigenvalue weighted by Crippen LogP contribution is -2.37. The summed E-state index contributed by atoms with van der Waals surface area (Å²) in [7, 11) is -3.49. The van der Waals surface area contributed by atoms with Crippen LogP contribution in [0.5, 0.6) is 0 Å². The maximum absolute atomic E-state index is 12.3. The lowest BCUT2D eigenvalue weighted by atomic mass is 9.94. The minimum Gasteiger partial charge on any atom is -0.347 e. The van der Waals surface area contributed by atoms with Crippen molar-refractivity contribution in [3.8, 4) is 0 Å². The van der Waals surface area contributed by atoms with Crippen LogP contribution < -0.4 is 4.72 Å². The van der Waals surface area contributed by atoms with Crippen molar-refractivity contribution in [2.75, 3.05) is 13.2 Å². The molecule has 1 unspecified atom stereocenters. The molecule has 122 valence electrons. The van der Waals surface area contributed by atoms with Gasteiger partial charge in [0.05, 0.1) is 17.6 Å². The number of hydrogen-bond donors (Lipinski definition) is 1. The van der Waals surface area contributed by atoms with E-state index in [0.717, 1.165) is 31.2 Å². The van der Waals surface area contributed by atoms with Crippen molar-refractivity contribution in [2.24, 2.45) is 0 Å². The Bertz CT molecular complexity index is 606. The third kappa shape index (κ3) is 3.51. The van der Waals surface area contributed by atoms with Gasteiger partial charge in [0.1, 0.15) is 0 Å². The van der Waals surface area contributed by atoms with Gasteiger partial charge in [-0.1, -0.05) is 24.1 Å². The van der Waals surface area contributed by atoms with Crippen LogP contribution in [-0.2, 0) is 19.5 Å². The predicted molar refractivity (Wildman–Crippen MR) is 83.0 cm³/mol. The summed E-state index contributed by atoms with van der Waals surface area (Å²) in [5.74, 6) is -0.460. The van der Waals surface area contributed by atoms with Crippen LogP contribution in [0.25, 0.3) is 0 Å². The van der Waals surface area contributed by atoms with Crippen LogP contribution in [0.1, 0.15) is 37.7 Å². The minimum absolute atomic E-state index is 0.210. The number of nitrogens with one attached hydrogen (secondary N) is 1. The van der Waals surface area contributed by atoms with E-state index < -0.39 is 15.8 Å². The Morgan fingerprint density at radius 3 is 2.55 bits per heavy atom. The zero-order chi connectivity index (χ0) is 15.6. The Balaban J connectivity index is 1.57. The van der Waals surface area contributed by atoms with E-state index in [1.807, 2.05) is 6.92 Å². The summed E-state index contributed by atoms with van der Waals surface area (Å²) in [6, 6.07) is 6.82. The van der Waals surface area contributed by atoms with Crippen molar-refractivity contribution in [3.05, 3.63) is 29.8 Å². The average Bonchev–Trinajstić information content (AvgIpc) is 2.89. The van der Waals surface area contributed by atoms with Crippen molar-refractivity contribution in [2.45, 2.75) is 55.8 Å². The van der Waals surface area contributed by atoms with Gasteiger partial charge < -0.3 is 9.47 Å². The molecule has 0 amide bonds. The minimum atomic E-state index is -3.49. The van der Waals surface area contributed by atoms with Gasteiger partial charge in [-0.25, -0.2) is 13.1 Å². The number of ether oxygens (including phenoxy) is 2. The summed E-state index contributed by atoms with van der Waals surface area (Å²) in [5, 5.41) is 0. The summed E-state index contributed by atoms with van der Waals surface area (Å²) < 4.78 is 39.0. The molecule has 0 aromatic heterocycles. The molecule has 1 saturated carbocycles. The maximum Gasteiger partial charge on any atom is 0.240 e. The van der Waals surface area contributed by atoms with E-state index in [2.05, 4.69) is 4.72 Å². The van der Waals surface area contributed by atoms with E-state index in [-0.39, 0.29) is 17.5 Å². The van der Waals surface area contributed by atoms with E-state index in [1.54, 1.807) is 24.3 Å². The molecular weight excluding hydrogens is 302 g/mol. The zero-order valence-corrected chi connectivity index (χ0v) is 13.7. The summed E-state index contributed by atoms with van der Waals surface area (Å²) in [4.78, 5) is 0.282. The van der Waals surface area contributed by atoms with E-state index in [9.17, 15) is 8.42 Å². The molecule has 22 heavy (non-hydrogen) atoms. The molecular formula is C16H23NO4S. The predicted octanol–water partition coefficient (Wildman–Crippen LogP) is 2.35. The molecule has 1 aromatic rings. The van der Waals surface area contributed by atoms with E-state index >= 15 is 0 Å². The van der Waals surface area contributed by atoms with E-state index in [4.69, 9.17) is 9.47 Å². The fourth-order valence-corrected chi connectivity index (χ4v) is 4.14. The second-order valence-electron chi connectivity index (χ2n) is 6.19. The monoisotopic (exact) mass is 325 g/mol. The first-order valence-corrected chi connectivity index (χ1v) is 9.36. The summed E-state index contributed by atoms with van der Waals surface area (Å²) in [6.07, 6.45) is 5.06. The van der Waals surface area contributed by atoms with Crippen LogP contribution in [0.2, 0.25) is 0 Å². The first-order valence-electron chi connectivity index (χ1n) is 7.87. The van der Waals surface area contributed by atoms with Crippen LogP contribution in [-0.4, -0.2) is 33.5 Å². The second-order valence-corrected chi connectivity index (χ2v) is 7.95. The molecule has 6 heteroatoms. The number of rotatable bonds is 4. The third-order valence-electron chi connectivity index (χ3n) is 4.36. The van der Waals surface area contributed by atoms with Crippen molar-refractivity contribution >= 4 is 10.0 Å². The Kier molecular flexibility index (Phi) is 4.54. The Morgan fingerprint density at radius 2 is 1.86 bits per heavy atom. The van der Waals surface area contributed by atoms with Gasteiger partial charge in [0, 0.05) is 19.4 Å². The van der Waals surface area contributed by atoms with E-state index in [1.165, 1.54) is 6.42 Å². The Hall–Kier alpha value is -0.950. The molecule has 5 nitrogen and oxygen atoms in total. The zero-order valence-electron chi connectivity index (χ0n) is 12.9. The number of hydrogen-bond acceptors (Lipinski definition) is 4. The van der Waals surface area contributed by atoms with Gasteiger partial charge in [0.25, 0.3) is 0 Å². The first-order chi connectivity index (χ1) is 10.5. The molecule has 2 fully saturated rings. The largest absolute Gasteiger partial charge is 0.347 e. The van der Waals surface area contributed by atoms with Crippen LogP contribution in [0.4, 0.5) is 0 Å². The smallest absolute Gasteiger partial charge is 0.240 e. The van der Waals surface area contributed by atoms with Gasteiger partial charge in [0.2, 0.25) is 10.0 Å². The quantitative estimate of drug-likeness (QED) is 0.923. The molecule has 1 aromatic carbocycles. The number of aryl methyl sites for hydroxylation is 1. The highest BCUT2D eigenvalue weighted by molar-refractivity contribution is 7.89. The second kappa shape index (κ2) is 6.28. The van der Waals surface area contributed by atoms with Gasteiger partial charge in [-0.3, -0.25) is 0 Å². The molecule has 0 bridgehead atoms. The van der Waals surface area contributed by atoms with Crippen LogP contribution in [0.15, 0.2) is 29.2 Å². The van der Waals surface area contributed by atoms with Gasteiger partial charge in [-0.2, -0.15) is 0 Å². The molecule has 1 N–H and O–H groups in total. The maximum atomic E-state index is 12.3. The molecule has 1 aliphatic carbocycles. The fraction of sp³-hybridized carbons (Fsp3) is 0.625. The molecule has 1 atom stereocenters. The van der Waals surface area contributed by atoms with Crippen LogP contribution in [0, 0.1) is 6.92 Å². The number of benzene rings is 1. The molecule has 1 heterocycles. The molecule has 2 aliphatic rings. The third-order valence-corrected chi connectivity index (χ3v) is 5.80. The van der Waals surface area contributed by atoms with Crippen molar-refractivity contribution in [3.63, 3.8) is 0 Å². The van der Waals surface area contributed by atoms with Gasteiger partial charge in [0.15, 0.2) is 5.79 Å². The molecule has 0 radical (unpaired) electrons. The fourth-order valence-electron chi connectivity index (χ4n) is 3.07. The Morgan fingerprint density at radius 1 is 1.18 bits per heavy atom. The molecule has 3 rings (SSSR count). The van der Waals surface area contributed by atoms with E-state index in [0.29, 0.717) is 6.61 Å². The van der Waals surface area contributed by atoms with Gasteiger partial charge in [-0.15, -0.1) is 0 Å². The summed E-state index contributed by atoms with van der Waals surface area (Å²) in [5.41, 5.74) is 1.03. The highest BCUT2D eigenvalue weighted by atomic mass is 32.2. The average molecular weight is 325 g/mol. The lowest BCUT2D eigenvalue weighted by molar-refractivity contribution is -0.186. The van der Waals surface area contributed by atoms with Crippen molar-refractivity contribution in [1.82, 2.24) is 4.72 Å². The van der Waals surface area contributed by atoms with Gasteiger partial charge in [-0.05, 0) is 31.9 Å². The normalized spacial score (nSPS) is 24.7. The first kappa shape index (κ1) is 15.9. The van der Waals surface area contributed by atoms with Crippen LogP contribution in [0.3, 0.4) is 0 Å². The standard InChI is InChI=1S/C16H23NO4S/c1-13-5-7-15(8-6-13)22(18,19)17-11-14-12-20-16(21-14)9-3-2-4-10-16/h5-8,14,17H,2-4,9-12H2,1H3. The van der Waals surface area contributed by atoms with Gasteiger partial charge >= 0.3 is 0 Å². The highest BCUT2D eigenvalue weighted by Crippen LogP contribution is 2.37. The molecule has 1 aliphatic heterocycles. The number of sulfonamides is 1. The topological polar surface area (TPSA) is 64.6 Å². The Labute approximate surface area is 132 Å².